The minimum absolute atomic E-state index is 0.0801. The van der Waals surface area contributed by atoms with E-state index in [1.54, 1.807) is 18.5 Å². The van der Waals surface area contributed by atoms with Crippen molar-refractivity contribution in [1.29, 1.82) is 0 Å². The summed E-state index contributed by atoms with van der Waals surface area (Å²) in [6, 6.07) is 0. The van der Waals surface area contributed by atoms with Gasteiger partial charge in [0, 0.05) is 16.2 Å². The normalized spacial score (nSPS) is 13.2. The number of aromatic nitrogens is 2. The van der Waals surface area contributed by atoms with Gasteiger partial charge in [-0.3, -0.25) is 4.68 Å². The van der Waals surface area contributed by atoms with E-state index in [4.69, 9.17) is 22.3 Å². The van der Waals surface area contributed by atoms with Crippen molar-refractivity contribution in [1.82, 2.24) is 9.78 Å². The van der Waals surface area contributed by atoms with Gasteiger partial charge in [-0.1, -0.05) is 11.6 Å². The molecule has 0 aromatic carbocycles. The van der Waals surface area contributed by atoms with Crippen molar-refractivity contribution in [3.05, 3.63) is 22.5 Å². The maximum absolute atomic E-state index is 11.3. The molecule has 0 saturated carbocycles. The van der Waals surface area contributed by atoms with Crippen molar-refractivity contribution in [2.45, 2.75) is 32.2 Å². The third kappa shape index (κ3) is 2.78. The quantitative estimate of drug-likeness (QED) is 0.801. The number of halogens is 2. The zero-order valence-corrected chi connectivity index (χ0v) is 11.5. The van der Waals surface area contributed by atoms with Crippen LogP contribution in [-0.4, -0.2) is 18.2 Å². The van der Waals surface area contributed by atoms with Gasteiger partial charge in [0.1, 0.15) is 4.90 Å². The van der Waals surface area contributed by atoms with Crippen LogP contribution in [0.25, 0.3) is 0 Å². The van der Waals surface area contributed by atoms with Gasteiger partial charge in [0.2, 0.25) is 0 Å². The predicted octanol–water partition coefficient (Wildman–Crippen LogP) is 2.57. The van der Waals surface area contributed by atoms with E-state index in [1.165, 1.54) is 5.54 Å². The molecule has 90 valence electrons. The molecular weight excluding hydrogens is 271 g/mol. The lowest BCUT2D eigenvalue weighted by Crippen LogP contribution is -2.04. The molecule has 0 bridgehead atoms. The average Bonchev–Trinajstić information content (AvgIpc) is 2.40. The van der Waals surface area contributed by atoms with E-state index in [0.717, 1.165) is 5.57 Å². The van der Waals surface area contributed by atoms with Crippen molar-refractivity contribution in [3.8, 4) is 0 Å². The van der Waals surface area contributed by atoms with Crippen LogP contribution in [0.2, 0.25) is 0 Å². The maximum Gasteiger partial charge on any atom is 0.264 e. The summed E-state index contributed by atoms with van der Waals surface area (Å²) < 4.78 is 24.2. The molecule has 7 heteroatoms. The molecule has 0 radical (unpaired) electrons. The van der Waals surface area contributed by atoms with Gasteiger partial charge in [0.05, 0.1) is 17.9 Å². The minimum Gasteiger partial charge on any atom is -0.264 e. The predicted molar refractivity (Wildman–Crippen MR) is 64.3 cm³/mol. The Labute approximate surface area is 104 Å². The summed E-state index contributed by atoms with van der Waals surface area (Å²) in [6.45, 7) is 5.55. The molecule has 0 atom stereocenters. The molecular formula is C9H12Cl2N2O2S. The van der Waals surface area contributed by atoms with E-state index in [9.17, 15) is 8.42 Å². The Bertz CT molecular complexity index is 532. The first-order chi connectivity index (χ1) is 7.27. The fourth-order valence-electron chi connectivity index (χ4n) is 1.46. The van der Waals surface area contributed by atoms with Crippen molar-refractivity contribution in [2.75, 3.05) is 0 Å². The van der Waals surface area contributed by atoms with Crippen molar-refractivity contribution in [2.24, 2.45) is 0 Å². The minimum atomic E-state index is -3.75. The first-order valence-electron chi connectivity index (χ1n) is 4.52. The largest absolute Gasteiger partial charge is 0.264 e. The third-order valence-corrected chi connectivity index (χ3v) is 4.06. The smallest absolute Gasteiger partial charge is 0.264 e. The molecule has 0 aliphatic carbocycles. The van der Waals surface area contributed by atoms with Gasteiger partial charge < -0.3 is 0 Å². The van der Waals surface area contributed by atoms with Crippen LogP contribution in [0.5, 0.6) is 0 Å². The highest BCUT2D eigenvalue weighted by Crippen LogP contribution is 2.23. The second-order valence-electron chi connectivity index (χ2n) is 3.55. The third-order valence-electron chi connectivity index (χ3n) is 2.14. The molecule has 16 heavy (non-hydrogen) atoms. The van der Waals surface area contributed by atoms with Gasteiger partial charge >= 0.3 is 0 Å². The first-order valence-corrected chi connectivity index (χ1v) is 7.26. The van der Waals surface area contributed by atoms with E-state index < -0.39 is 9.05 Å². The maximum atomic E-state index is 11.3. The molecule has 1 aromatic heterocycles. The molecule has 1 aromatic rings. The fraction of sp³-hybridized carbons (Fsp3) is 0.444. The first kappa shape index (κ1) is 13.5. The van der Waals surface area contributed by atoms with E-state index >= 15 is 0 Å². The topological polar surface area (TPSA) is 52.0 Å². The summed E-state index contributed by atoms with van der Waals surface area (Å²) in [6.07, 6.45) is 0. The van der Waals surface area contributed by atoms with Gasteiger partial charge in [0.25, 0.3) is 9.05 Å². The molecule has 4 nitrogen and oxygen atoms in total. The van der Waals surface area contributed by atoms with Crippen LogP contribution in [0.1, 0.15) is 18.3 Å². The number of nitrogens with zero attached hydrogens (tertiary/aromatic N) is 2. The number of aryl methyl sites for hydroxylation is 1. The molecule has 1 rings (SSSR count). The van der Waals surface area contributed by atoms with Crippen molar-refractivity contribution >= 4 is 31.3 Å². The SMILES string of the molecule is CC(=CCl)Cn1nc(C)c(S(=O)(=O)Cl)c1C. The van der Waals surface area contributed by atoms with E-state index in [0.29, 0.717) is 17.9 Å². The molecule has 0 aliphatic heterocycles. The standard InChI is InChI=1S/C9H12Cl2N2O2S/c1-6(4-10)5-13-8(3)9(7(2)12-13)16(11,14)15/h4H,5H2,1-3H3. The molecule has 0 saturated heterocycles. The van der Waals surface area contributed by atoms with Crippen molar-refractivity contribution in [3.63, 3.8) is 0 Å². The molecule has 0 spiro atoms. The van der Waals surface area contributed by atoms with Crippen LogP contribution < -0.4 is 0 Å². The number of allylic oxidation sites excluding steroid dienone is 1. The molecule has 0 aliphatic rings. The van der Waals surface area contributed by atoms with Gasteiger partial charge in [0.15, 0.2) is 0 Å². The highest BCUT2D eigenvalue weighted by Gasteiger charge is 2.22. The molecule has 0 N–H and O–H groups in total. The average molecular weight is 283 g/mol. The van der Waals surface area contributed by atoms with Crippen LogP contribution >= 0.6 is 22.3 Å². The number of hydrogen-bond donors (Lipinski definition) is 0. The second-order valence-corrected chi connectivity index (χ2v) is 6.27. The van der Waals surface area contributed by atoms with Gasteiger partial charge in [-0.25, -0.2) is 8.42 Å². The lowest BCUT2D eigenvalue weighted by molar-refractivity contribution is 0.607. The van der Waals surface area contributed by atoms with Crippen LogP contribution in [0.15, 0.2) is 16.0 Å². The Hall–Kier alpha value is -0.520. The van der Waals surface area contributed by atoms with Crippen LogP contribution in [-0.2, 0) is 15.6 Å². The highest BCUT2D eigenvalue weighted by atomic mass is 35.7. The highest BCUT2D eigenvalue weighted by molar-refractivity contribution is 8.13. The van der Waals surface area contributed by atoms with E-state index in [2.05, 4.69) is 5.10 Å². The Morgan fingerprint density at radius 1 is 1.50 bits per heavy atom. The van der Waals surface area contributed by atoms with Gasteiger partial charge in [-0.15, -0.1) is 0 Å². The van der Waals surface area contributed by atoms with Crippen LogP contribution in [0, 0.1) is 13.8 Å². The van der Waals surface area contributed by atoms with Crippen LogP contribution in [0.3, 0.4) is 0 Å². The molecule has 0 unspecified atom stereocenters. The van der Waals surface area contributed by atoms with Crippen LogP contribution in [0.4, 0.5) is 0 Å². The zero-order valence-electron chi connectivity index (χ0n) is 9.16. The van der Waals surface area contributed by atoms with Crippen molar-refractivity contribution < 1.29 is 8.42 Å². The summed E-state index contributed by atoms with van der Waals surface area (Å²) in [5, 5.41) is 4.12. The fourth-order valence-corrected chi connectivity index (χ4v) is 3.05. The van der Waals surface area contributed by atoms with E-state index in [1.807, 2.05) is 6.92 Å². The van der Waals surface area contributed by atoms with E-state index in [-0.39, 0.29) is 4.90 Å². The molecule has 0 amide bonds. The van der Waals surface area contributed by atoms with Gasteiger partial charge in [-0.05, 0) is 26.3 Å². The Kier molecular flexibility index (Phi) is 4.04. The van der Waals surface area contributed by atoms with Gasteiger partial charge in [-0.2, -0.15) is 5.10 Å². The lowest BCUT2D eigenvalue weighted by Gasteiger charge is -2.03. The molecule has 1 heterocycles. The monoisotopic (exact) mass is 282 g/mol. The number of rotatable bonds is 3. The zero-order chi connectivity index (χ0) is 12.5. The molecule has 0 fully saturated rings. The second kappa shape index (κ2) is 4.77. The summed E-state index contributed by atoms with van der Waals surface area (Å²) >= 11 is 5.54. The number of hydrogen-bond acceptors (Lipinski definition) is 3. The summed E-state index contributed by atoms with van der Waals surface area (Å²) in [4.78, 5) is 0.0801. The Balaban J connectivity index is 3.28. The summed E-state index contributed by atoms with van der Waals surface area (Å²) in [7, 11) is 1.58. The lowest BCUT2D eigenvalue weighted by atomic mass is 10.3. The summed E-state index contributed by atoms with van der Waals surface area (Å²) in [5.41, 5.74) is 3.23. The Morgan fingerprint density at radius 2 is 2.06 bits per heavy atom. The Morgan fingerprint density at radius 3 is 2.44 bits per heavy atom. The summed E-state index contributed by atoms with van der Waals surface area (Å²) in [5.74, 6) is 0.